The van der Waals surface area contributed by atoms with Crippen LogP contribution in [0.15, 0.2) is 23.2 Å². The van der Waals surface area contributed by atoms with E-state index < -0.39 is 10.8 Å². The number of hydrogen-bond donors (Lipinski definition) is 3. The maximum atomic E-state index is 8.96. The maximum absolute atomic E-state index is 8.96. The average molecular weight is 174 g/mol. The Hall–Kier alpha value is -0.620. The second-order valence-corrected chi connectivity index (χ2v) is 3.89. The van der Waals surface area contributed by atoms with Gasteiger partial charge in [-0.1, -0.05) is 0 Å². The van der Waals surface area contributed by atoms with Crippen molar-refractivity contribution in [3.8, 4) is 0 Å². The van der Waals surface area contributed by atoms with E-state index >= 15 is 0 Å². The molecule has 0 unspecified atom stereocenters. The van der Waals surface area contributed by atoms with Crippen molar-refractivity contribution >= 4 is 10.8 Å². The summed E-state index contributed by atoms with van der Waals surface area (Å²) in [6.07, 6.45) is 1.37. The molecule has 0 aliphatic rings. The standard InChI is InChI=1S/C6H10N2O2S/c1-5-2-3-6(4-8-5)11(7,9)10/h2-4,9-10H,7H2,1H3. The third kappa shape index (κ3) is 2.16. The minimum absolute atomic E-state index is 0.267. The normalized spacial score (nSPS) is 13.1. The van der Waals surface area contributed by atoms with Crippen LogP contribution < -0.4 is 5.14 Å². The van der Waals surface area contributed by atoms with Crippen LogP contribution in [0.3, 0.4) is 0 Å². The molecule has 1 aromatic heterocycles. The van der Waals surface area contributed by atoms with Crippen LogP contribution in [-0.2, 0) is 0 Å². The van der Waals surface area contributed by atoms with Gasteiger partial charge in [0.15, 0.2) is 0 Å². The van der Waals surface area contributed by atoms with Gasteiger partial charge in [-0.15, -0.1) is 10.8 Å². The minimum atomic E-state index is -3.08. The molecule has 1 rings (SSSR count). The Labute approximate surface area is 66.6 Å². The summed E-state index contributed by atoms with van der Waals surface area (Å²) in [6, 6.07) is 3.23. The van der Waals surface area contributed by atoms with Crippen LogP contribution in [0.1, 0.15) is 5.69 Å². The molecule has 0 aliphatic heterocycles. The molecule has 0 aliphatic carbocycles. The lowest BCUT2D eigenvalue weighted by Gasteiger charge is -2.25. The Kier molecular flexibility index (Phi) is 2.15. The molecule has 0 bridgehead atoms. The minimum Gasteiger partial charge on any atom is -0.282 e. The van der Waals surface area contributed by atoms with E-state index in [0.29, 0.717) is 0 Å². The molecule has 0 atom stereocenters. The van der Waals surface area contributed by atoms with E-state index in [1.165, 1.54) is 6.20 Å². The second-order valence-electron chi connectivity index (χ2n) is 2.23. The molecular formula is C6H10N2O2S. The van der Waals surface area contributed by atoms with Gasteiger partial charge < -0.3 is 0 Å². The van der Waals surface area contributed by atoms with Gasteiger partial charge >= 0.3 is 0 Å². The van der Waals surface area contributed by atoms with Crippen LogP contribution in [0.4, 0.5) is 0 Å². The monoisotopic (exact) mass is 174 g/mol. The van der Waals surface area contributed by atoms with E-state index in [-0.39, 0.29) is 4.90 Å². The third-order valence-electron chi connectivity index (χ3n) is 1.23. The molecule has 4 N–H and O–H groups in total. The van der Waals surface area contributed by atoms with Crippen molar-refractivity contribution in [1.29, 1.82) is 0 Å². The topological polar surface area (TPSA) is 79.4 Å². The molecule has 5 heteroatoms. The summed E-state index contributed by atoms with van der Waals surface area (Å²) in [6.45, 7) is 1.81. The fraction of sp³-hybridized carbons (Fsp3) is 0.167. The molecule has 1 heterocycles. The number of aryl methyl sites for hydroxylation is 1. The summed E-state index contributed by atoms with van der Waals surface area (Å²) >= 11 is 0. The Balaban J connectivity index is 2.99. The van der Waals surface area contributed by atoms with Gasteiger partial charge in [-0.05, 0) is 19.1 Å². The van der Waals surface area contributed by atoms with Gasteiger partial charge in [0.25, 0.3) is 0 Å². The molecule has 4 nitrogen and oxygen atoms in total. The quantitative estimate of drug-likeness (QED) is 0.600. The van der Waals surface area contributed by atoms with Gasteiger partial charge in [0.2, 0.25) is 0 Å². The van der Waals surface area contributed by atoms with Crippen LogP contribution in [0.2, 0.25) is 0 Å². The third-order valence-corrected chi connectivity index (χ3v) is 2.17. The van der Waals surface area contributed by atoms with E-state index in [0.717, 1.165) is 5.69 Å². The predicted octanol–water partition coefficient (Wildman–Crippen LogP) is 1.37. The lowest BCUT2D eigenvalue weighted by atomic mass is 10.4. The van der Waals surface area contributed by atoms with Crippen molar-refractivity contribution in [1.82, 2.24) is 4.98 Å². The predicted molar refractivity (Wildman–Crippen MR) is 44.3 cm³/mol. The summed E-state index contributed by atoms with van der Waals surface area (Å²) in [5.41, 5.74) is 0.817. The first kappa shape index (κ1) is 8.48. The van der Waals surface area contributed by atoms with Crippen LogP contribution in [0.5, 0.6) is 0 Å². The SMILES string of the molecule is Cc1ccc(S(N)(O)O)cn1. The second kappa shape index (κ2) is 2.78. The molecule has 0 saturated carbocycles. The van der Waals surface area contributed by atoms with Crippen LogP contribution >= 0.6 is 10.8 Å². The maximum Gasteiger partial charge on any atom is 0.0930 e. The fourth-order valence-corrected chi connectivity index (χ4v) is 1.11. The molecule has 1 aromatic rings. The molecule has 0 amide bonds. The Morgan fingerprint density at radius 1 is 1.45 bits per heavy atom. The Morgan fingerprint density at radius 3 is 2.45 bits per heavy atom. The molecular weight excluding hydrogens is 164 g/mol. The lowest BCUT2D eigenvalue weighted by molar-refractivity contribution is 0.488. The highest BCUT2D eigenvalue weighted by Crippen LogP contribution is 2.38. The Bertz CT molecular complexity index is 242. The molecule has 0 fully saturated rings. The zero-order chi connectivity index (χ0) is 8.48. The first-order chi connectivity index (χ1) is 5.00. The van der Waals surface area contributed by atoms with Crippen molar-refractivity contribution in [2.75, 3.05) is 0 Å². The molecule has 0 aromatic carbocycles. The summed E-state index contributed by atoms with van der Waals surface area (Å²) < 4.78 is 17.9. The van der Waals surface area contributed by atoms with Crippen molar-refractivity contribution < 1.29 is 9.11 Å². The zero-order valence-electron chi connectivity index (χ0n) is 6.06. The fourth-order valence-electron chi connectivity index (χ4n) is 0.632. The Morgan fingerprint density at radius 2 is 2.09 bits per heavy atom. The number of pyridine rings is 1. The van der Waals surface area contributed by atoms with Crippen LogP contribution in [-0.4, -0.2) is 14.1 Å². The molecule has 0 saturated heterocycles. The van der Waals surface area contributed by atoms with Gasteiger partial charge in [0.05, 0.1) is 11.1 Å². The largest absolute Gasteiger partial charge is 0.282 e. The lowest BCUT2D eigenvalue weighted by Crippen LogP contribution is -2.08. The summed E-state index contributed by atoms with van der Waals surface area (Å²) in [5, 5.41) is 5.06. The average Bonchev–Trinajstić information content (AvgIpc) is 1.86. The van der Waals surface area contributed by atoms with Crippen molar-refractivity contribution in [2.24, 2.45) is 5.14 Å². The van der Waals surface area contributed by atoms with Crippen molar-refractivity contribution in [3.05, 3.63) is 24.0 Å². The van der Waals surface area contributed by atoms with Crippen molar-refractivity contribution in [3.63, 3.8) is 0 Å². The van der Waals surface area contributed by atoms with Gasteiger partial charge in [-0.25, -0.2) is 5.14 Å². The van der Waals surface area contributed by atoms with E-state index in [2.05, 4.69) is 4.98 Å². The number of hydrogen-bond acceptors (Lipinski definition) is 4. The van der Waals surface area contributed by atoms with E-state index in [4.69, 9.17) is 14.2 Å². The highest BCUT2D eigenvalue weighted by molar-refractivity contribution is 8.22. The highest BCUT2D eigenvalue weighted by Gasteiger charge is 2.07. The van der Waals surface area contributed by atoms with Crippen LogP contribution in [0, 0.1) is 6.92 Å². The van der Waals surface area contributed by atoms with Gasteiger partial charge in [0, 0.05) is 5.69 Å². The van der Waals surface area contributed by atoms with Gasteiger partial charge in [0.1, 0.15) is 0 Å². The van der Waals surface area contributed by atoms with Gasteiger partial charge in [-0.2, -0.15) is 0 Å². The van der Waals surface area contributed by atoms with Gasteiger partial charge in [-0.3, -0.25) is 14.1 Å². The first-order valence-corrected chi connectivity index (χ1v) is 4.60. The zero-order valence-corrected chi connectivity index (χ0v) is 6.88. The molecule has 62 valence electrons. The van der Waals surface area contributed by atoms with Crippen LogP contribution in [0.25, 0.3) is 0 Å². The molecule has 0 spiro atoms. The van der Waals surface area contributed by atoms with E-state index in [9.17, 15) is 0 Å². The summed E-state index contributed by atoms with van der Waals surface area (Å²) in [7, 11) is -3.08. The first-order valence-electron chi connectivity index (χ1n) is 2.99. The number of nitrogens with two attached hydrogens (primary N) is 1. The van der Waals surface area contributed by atoms with E-state index in [1.54, 1.807) is 12.1 Å². The summed E-state index contributed by atoms with van der Waals surface area (Å²) in [5.74, 6) is 0. The molecule has 0 radical (unpaired) electrons. The smallest absolute Gasteiger partial charge is 0.0930 e. The number of aromatic nitrogens is 1. The highest BCUT2D eigenvalue weighted by atomic mass is 32.3. The summed E-state index contributed by atoms with van der Waals surface area (Å²) in [4.78, 5) is 4.13. The van der Waals surface area contributed by atoms with E-state index in [1.807, 2.05) is 6.92 Å². The molecule has 11 heavy (non-hydrogen) atoms. The number of nitrogens with zero attached hydrogens (tertiary/aromatic N) is 1. The van der Waals surface area contributed by atoms with Crippen molar-refractivity contribution in [2.45, 2.75) is 11.8 Å². The number of rotatable bonds is 1.